The molecule has 0 fully saturated rings. The Morgan fingerprint density at radius 1 is 1.44 bits per heavy atom. The Hall–Kier alpha value is -1.08. The number of nitrogens with one attached hydrogen (secondary N) is 1. The van der Waals surface area contributed by atoms with E-state index >= 15 is 0 Å². The van der Waals surface area contributed by atoms with E-state index in [1.165, 1.54) is 6.20 Å². The summed E-state index contributed by atoms with van der Waals surface area (Å²) in [6.07, 6.45) is -2.33. The predicted molar refractivity (Wildman–Crippen MR) is 59.1 cm³/mol. The predicted octanol–water partition coefficient (Wildman–Crippen LogP) is 2.29. The van der Waals surface area contributed by atoms with Crippen molar-refractivity contribution < 1.29 is 22.3 Å². The van der Waals surface area contributed by atoms with Gasteiger partial charge in [0.25, 0.3) is 0 Å². The molecule has 0 saturated carbocycles. The number of hydrogen-bond acceptors (Lipinski definition) is 4. The van der Waals surface area contributed by atoms with Crippen LogP contribution in [0.3, 0.4) is 0 Å². The first-order valence-electron chi connectivity index (χ1n) is 5.68. The van der Waals surface area contributed by atoms with Crippen LogP contribution in [0.25, 0.3) is 0 Å². The van der Waals surface area contributed by atoms with Crippen molar-refractivity contribution in [3.63, 3.8) is 0 Å². The van der Waals surface area contributed by atoms with Crippen LogP contribution in [-0.2, 0) is 17.8 Å². The van der Waals surface area contributed by atoms with E-state index in [1.54, 1.807) is 0 Å². The third-order valence-electron chi connectivity index (χ3n) is 2.00. The van der Waals surface area contributed by atoms with E-state index in [0.717, 1.165) is 0 Å². The van der Waals surface area contributed by atoms with Gasteiger partial charge in [-0.25, -0.2) is 4.98 Å². The van der Waals surface area contributed by atoms with Gasteiger partial charge in [-0.3, -0.25) is 0 Å². The molecule has 0 aliphatic carbocycles. The van der Waals surface area contributed by atoms with Crippen molar-refractivity contribution >= 4 is 0 Å². The summed E-state index contributed by atoms with van der Waals surface area (Å²) in [5.74, 6) is 0.799. The summed E-state index contributed by atoms with van der Waals surface area (Å²) in [6, 6.07) is 0.370. The molecule has 0 aromatic carbocycles. The topological polar surface area (TPSA) is 47.3 Å². The standard InChI is InChI=1S/C11H17F3N2O2/c1-8(2)15-4-3-10-16-5-9(18-10)6-17-7-11(12,13)14/h5,8,15H,3-4,6-7H2,1-2H3. The maximum absolute atomic E-state index is 11.8. The zero-order valence-corrected chi connectivity index (χ0v) is 10.4. The minimum absolute atomic E-state index is 0.218. The fourth-order valence-corrected chi connectivity index (χ4v) is 1.27. The van der Waals surface area contributed by atoms with E-state index in [1.807, 2.05) is 13.8 Å². The van der Waals surface area contributed by atoms with Gasteiger partial charge in [0.1, 0.15) is 19.0 Å². The number of halogens is 3. The number of oxazole rings is 1. The van der Waals surface area contributed by atoms with Crippen LogP contribution in [0.1, 0.15) is 25.5 Å². The fourth-order valence-electron chi connectivity index (χ4n) is 1.27. The molecule has 4 nitrogen and oxygen atoms in total. The Bertz CT molecular complexity index is 350. The van der Waals surface area contributed by atoms with Crippen molar-refractivity contribution in [2.24, 2.45) is 0 Å². The summed E-state index contributed by atoms with van der Waals surface area (Å²) in [5.41, 5.74) is 0. The number of hydrogen-bond donors (Lipinski definition) is 1. The highest BCUT2D eigenvalue weighted by Crippen LogP contribution is 2.15. The third-order valence-corrected chi connectivity index (χ3v) is 2.00. The van der Waals surface area contributed by atoms with Gasteiger partial charge in [-0.05, 0) is 0 Å². The molecule has 18 heavy (non-hydrogen) atoms. The summed E-state index contributed by atoms with van der Waals surface area (Å²) < 4.78 is 45.2. The van der Waals surface area contributed by atoms with Crippen molar-refractivity contribution in [2.45, 2.75) is 39.1 Å². The van der Waals surface area contributed by atoms with Crippen LogP contribution in [0.4, 0.5) is 13.2 Å². The van der Waals surface area contributed by atoms with Gasteiger partial charge in [0.05, 0.1) is 6.20 Å². The van der Waals surface area contributed by atoms with Gasteiger partial charge in [-0.1, -0.05) is 13.8 Å². The molecular weight excluding hydrogens is 249 g/mol. The zero-order valence-electron chi connectivity index (χ0n) is 10.4. The molecule has 1 rings (SSSR count). The highest BCUT2D eigenvalue weighted by Gasteiger charge is 2.27. The van der Waals surface area contributed by atoms with E-state index in [2.05, 4.69) is 15.0 Å². The van der Waals surface area contributed by atoms with Crippen LogP contribution in [0.5, 0.6) is 0 Å². The van der Waals surface area contributed by atoms with E-state index in [-0.39, 0.29) is 6.61 Å². The van der Waals surface area contributed by atoms with Gasteiger partial charge in [0.15, 0.2) is 5.89 Å². The Labute approximate surface area is 104 Å². The molecule has 0 amide bonds. The summed E-state index contributed by atoms with van der Waals surface area (Å²) >= 11 is 0. The highest BCUT2D eigenvalue weighted by atomic mass is 19.4. The summed E-state index contributed by atoms with van der Waals surface area (Å²) in [4.78, 5) is 3.96. The minimum Gasteiger partial charge on any atom is -0.443 e. The van der Waals surface area contributed by atoms with E-state index in [0.29, 0.717) is 30.7 Å². The van der Waals surface area contributed by atoms with Gasteiger partial charge in [0, 0.05) is 19.0 Å². The first kappa shape index (κ1) is 15.0. The summed E-state index contributed by atoms with van der Waals surface area (Å²) in [6.45, 7) is 3.25. The lowest BCUT2D eigenvalue weighted by Gasteiger charge is -2.06. The molecular formula is C11H17F3N2O2. The molecule has 104 valence electrons. The summed E-state index contributed by atoms with van der Waals surface area (Å²) in [5, 5.41) is 3.19. The van der Waals surface area contributed by atoms with Crippen molar-refractivity contribution in [3.05, 3.63) is 17.8 Å². The Kier molecular flexibility index (Phi) is 5.61. The molecule has 1 aromatic heterocycles. The smallest absolute Gasteiger partial charge is 0.411 e. The molecule has 0 radical (unpaired) electrons. The van der Waals surface area contributed by atoms with Crippen LogP contribution in [0.2, 0.25) is 0 Å². The van der Waals surface area contributed by atoms with Gasteiger partial charge < -0.3 is 14.5 Å². The molecule has 0 aliphatic rings. The van der Waals surface area contributed by atoms with Gasteiger partial charge in [0.2, 0.25) is 0 Å². The highest BCUT2D eigenvalue weighted by molar-refractivity contribution is 4.93. The number of nitrogens with zero attached hydrogens (tertiary/aromatic N) is 1. The van der Waals surface area contributed by atoms with Crippen LogP contribution < -0.4 is 5.32 Å². The SMILES string of the molecule is CC(C)NCCc1ncc(COCC(F)(F)F)o1. The molecule has 0 spiro atoms. The van der Waals surface area contributed by atoms with Crippen LogP contribution in [-0.4, -0.2) is 30.4 Å². The molecule has 0 atom stereocenters. The number of alkyl halides is 3. The van der Waals surface area contributed by atoms with E-state index in [4.69, 9.17) is 4.42 Å². The maximum Gasteiger partial charge on any atom is 0.411 e. The molecule has 0 saturated heterocycles. The number of aromatic nitrogens is 1. The maximum atomic E-state index is 11.8. The molecule has 1 heterocycles. The fraction of sp³-hybridized carbons (Fsp3) is 0.727. The lowest BCUT2D eigenvalue weighted by molar-refractivity contribution is -0.177. The third kappa shape index (κ3) is 6.61. The molecule has 1 N–H and O–H groups in total. The average Bonchev–Trinajstić information content (AvgIpc) is 2.63. The molecule has 7 heteroatoms. The molecule has 0 aliphatic heterocycles. The lowest BCUT2D eigenvalue weighted by atomic mass is 10.3. The summed E-state index contributed by atoms with van der Waals surface area (Å²) in [7, 11) is 0. The zero-order chi connectivity index (χ0) is 13.6. The van der Waals surface area contributed by atoms with Crippen LogP contribution in [0.15, 0.2) is 10.6 Å². The molecule has 0 bridgehead atoms. The second kappa shape index (κ2) is 6.75. The van der Waals surface area contributed by atoms with Crippen molar-refractivity contribution in [2.75, 3.05) is 13.2 Å². The second-order valence-electron chi connectivity index (χ2n) is 4.19. The van der Waals surface area contributed by atoms with Crippen LogP contribution >= 0.6 is 0 Å². The van der Waals surface area contributed by atoms with Gasteiger partial charge >= 0.3 is 6.18 Å². The van der Waals surface area contributed by atoms with Gasteiger partial charge in [-0.2, -0.15) is 13.2 Å². The monoisotopic (exact) mass is 266 g/mol. The lowest BCUT2D eigenvalue weighted by Crippen LogP contribution is -2.24. The van der Waals surface area contributed by atoms with Gasteiger partial charge in [-0.15, -0.1) is 0 Å². The first-order chi connectivity index (χ1) is 8.37. The quantitative estimate of drug-likeness (QED) is 0.822. The van der Waals surface area contributed by atoms with E-state index < -0.39 is 12.8 Å². The average molecular weight is 266 g/mol. The molecule has 1 aromatic rings. The first-order valence-corrected chi connectivity index (χ1v) is 5.68. The largest absolute Gasteiger partial charge is 0.443 e. The van der Waals surface area contributed by atoms with Crippen molar-refractivity contribution in [1.82, 2.24) is 10.3 Å². The van der Waals surface area contributed by atoms with Crippen LogP contribution in [0, 0.1) is 0 Å². The number of rotatable bonds is 7. The Balaban J connectivity index is 2.26. The van der Waals surface area contributed by atoms with Crippen molar-refractivity contribution in [3.8, 4) is 0 Å². The van der Waals surface area contributed by atoms with E-state index in [9.17, 15) is 13.2 Å². The minimum atomic E-state index is -4.32. The van der Waals surface area contributed by atoms with Crippen molar-refractivity contribution in [1.29, 1.82) is 0 Å². The Morgan fingerprint density at radius 3 is 2.78 bits per heavy atom. The molecule has 0 unspecified atom stereocenters. The second-order valence-corrected chi connectivity index (χ2v) is 4.19. The normalized spacial score (nSPS) is 12.3. The number of ether oxygens (including phenoxy) is 1. The Morgan fingerprint density at radius 2 is 2.17 bits per heavy atom.